The average molecular weight is 287 g/mol. The van der Waals surface area contributed by atoms with E-state index in [2.05, 4.69) is 54.8 Å². The Morgan fingerprint density at radius 2 is 1.37 bits per heavy atom. The SMILES string of the molecule is CNCc1ccc(C(S)=C(S)c2ccccc2)cc1. The van der Waals surface area contributed by atoms with Gasteiger partial charge in [-0.2, -0.15) is 0 Å². The van der Waals surface area contributed by atoms with Crippen LogP contribution in [0.25, 0.3) is 9.81 Å². The third kappa shape index (κ3) is 3.66. The van der Waals surface area contributed by atoms with Gasteiger partial charge in [0.2, 0.25) is 0 Å². The van der Waals surface area contributed by atoms with Crippen molar-refractivity contribution in [2.24, 2.45) is 0 Å². The van der Waals surface area contributed by atoms with Crippen molar-refractivity contribution in [3.05, 3.63) is 71.3 Å². The summed E-state index contributed by atoms with van der Waals surface area (Å²) in [7, 11) is 1.94. The van der Waals surface area contributed by atoms with E-state index >= 15 is 0 Å². The van der Waals surface area contributed by atoms with Crippen LogP contribution in [-0.4, -0.2) is 7.05 Å². The van der Waals surface area contributed by atoms with Crippen molar-refractivity contribution in [2.45, 2.75) is 6.54 Å². The van der Waals surface area contributed by atoms with E-state index in [1.54, 1.807) is 0 Å². The van der Waals surface area contributed by atoms with Gasteiger partial charge in [0.05, 0.1) is 0 Å². The van der Waals surface area contributed by atoms with Crippen LogP contribution in [0, 0.1) is 0 Å². The van der Waals surface area contributed by atoms with Crippen LogP contribution in [0.5, 0.6) is 0 Å². The van der Waals surface area contributed by atoms with Gasteiger partial charge < -0.3 is 5.32 Å². The highest BCUT2D eigenvalue weighted by Crippen LogP contribution is 2.31. The third-order valence-electron chi connectivity index (χ3n) is 2.88. The maximum absolute atomic E-state index is 4.60. The van der Waals surface area contributed by atoms with Crippen molar-refractivity contribution >= 4 is 35.1 Å². The second-order valence-corrected chi connectivity index (χ2v) is 5.18. The minimum Gasteiger partial charge on any atom is -0.316 e. The van der Waals surface area contributed by atoms with Crippen LogP contribution >= 0.6 is 25.3 Å². The van der Waals surface area contributed by atoms with E-state index in [0.717, 1.165) is 27.5 Å². The van der Waals surface area contributed by atoms with E-state index in [1.165, 1.54) is 5.56 Å². The Bertz CT molecular complexity index is 559. The summed E-state index contributed by atoms with van der Waals surface area (Å²) in [6, 6.07) is 18.4. The van der Waals surface area contributed by atoms with Crippen molar-refractivity contribution in [1.82, 2.24) is 5.32 Å². The lowest BCUT2D eigenvalue weighted by Gasteiger charge is -2.08. The number of hydrogen-bond donors (Lipinski definition) is 3. The number of benzene rings is 2. The molecule has 2 aromatic carbocycles. The second-order valence-electron chi connectivity index (χ2n) is 4.29. The van der Waals surface area contributed by atoms with E-state index in [1.807, 2.05) is 37.4 Å². The van der Waals surface area contributed by atoms with Gasteiger partial charge >= 0.3 is 0 Å². The quantitative estimate of drug-likeness (QED) is 0.568. The summed E-state index contributed by atoms with van der Waals surface area (Å²) < 4.78 is 0. The Hall–Kier alpha value is -1.16. The Morgan fingerprint density at radius 3 is 1.89 bits per heavy atom. The normalized spacial score (nSPS) is 12.2. The van der Waals surface area contributed by atoms with Gasteiger partial charge in [-0.25, -0.2) is 0 Å². The van der Waals surface area contributed by atoms with E-state index in [-0.39, 0.29) is 0 Å². The van der Waals surface area contributed by atoms with Gasteiger partial charge in [-0.15, -0.1) is 25.3 Å². The molecule has 0 aliphatic carbocycles. The zero-order valence-corrected chi connectivity index (χ0v) is 12.6. The molecule has 1 N–H and O–H groups in total. The van der Waals surface area contributed by atoms with Gasteiger partial charge in [0, 0.05) is 16.4 Å². The first-order valence-corrected chi connectivity index (χ1v) is 7.03. The van der Waals surface area contributed by atoms with Crippen LogP contribution in [0.3, 0.4) is 0 Å². The van der Waals surface area contributed by atoms with Crippen molar-refractivity contribution in [1.29, 1.82) is 0 Å². The van der Waals surface area contributed by atoms with Crippen LogP contribution in [0.1, 0.15) is 16.7 Å². The van der Waals surface area contributed by atoms with Gasteiger partial charge in [0.1, 0.15) is 0 Å². The lowest BCUT2D eigenvalue weighted by Crippen LogP contribution is -2.04. The fourth-order valence-corrected chi connectivity index (χ4v) is 2.41. The van der Waals surface area contributed by atoms with E-state index in [9.17, 15) is 0 Å². The zero-order valence-electron chi connectivity index (χ0n) is 10.8. The minimum absolute atomic E-state index is 0.873. The highest BCUT2D eigenvalue weighted by Gasteiger charge is 2.04. The lowest BCUT2D eigenvalue weighted by atomic mass is 10.1. The molecule has 19 heavy (non-hydrogen) atoms. The van der Waals surface area contributed by atoms with Crippen LogP contribution in [-0.2, 0) is 6.54 Å². The maximum Gasteiger partial charge on any atom is 0.0253 e. The van der Waals surface area contributed by atoms with Crippen molar-refractivity contribution in [2.75, 3.05) is 7.05 Å². The summed E-state index contributed by atoms with van der Waals surface area (Å²) in [5.74, 6) is 0. The first kappa shape index (κ1) is 14.3. The molecule has 0 fully saturated rings. The molecule has 0 bridgehead atoms. The predicted octanol–water partition coefficient (Wildman–Crippen LogP) is 4.09. The monoisotopic (exact) mass is 287 g/mol. The van der Waals surface area contributed by atoms with Crippen LogP contribution in [0.2, 0.25) is 0 Å². The summed E-state index contributed by atoms with van der Waals surface area (Å²) in [4.78, 5) is 1.79. The molecule has 0 saturated heterocycles. The molecular formula is C16H17NS2. The molecule has 0 radical (unpaired) electrons. The number of rotatable bonds is 4. The number of hydrogen-bond acceptors (Lipinski definition) is 3. The van der Waals surface area contributed by atoms with Crippen molar-refractivity contribution in [3.8, 4) is 0 Å². The minimum atomic E-state index is 0.873. The summed E-state index contributed by atoms with van der Waals surface area (Å²) >= 11 is 9.18. The average Bonchev–Trinajstić information content (AvgIpc) is 2.48. The highest BCUT2D eigenvalue weighted by atomic mass is 32.1. The Labute approximate surface area is 125 Å². The largest absolute Gasteiger partial charge is 0.316 e. The van der Waals surface area contributed by atoms with E-state index < -0.39 is 0 Å². The smallest absolute Gasteiger partial charge is 0.0253 e. The molecule has 98 valence electrons. The lowest BCUT2D eigenvalue weighted by molar-refractivity contribution is 0.818. The highest BCUT2D eigenvalue weighted by molar-refractivity contribution is 7.96. The second kappa shape index (κ2) is 6.85. The van der Waals surface area contributed by atoms with Gasteiger partial charge in [-0.05, 0) is 23.7 Å². The van der Waals surface area contributed by atoms with Gasteiger partial charge in [-0.1, -0.05) is 54.6 Å². The Balaban J connectivity index is 2.30. The molecule has 0 atom stereocenters. The number of thiol groups is 2. The molecule has 0 aromatic heterocycles. The molecule has 0 aliphatic heterocycles. The maximum atomic E-state index is 4.60. The Morgan fingerprint density at radius 1 is 0.842 bits per heavy atom. The van der Waals surface area contributed by atoms with Gasteiger partial charge in [-0.3, -0.25) is 0 Å². The molecule has 0 heterocycles. The molecule has 3 heteroatoms. The van der Waals surface area contributed by atoms with Crippen molar-refractivity contribution in [3.63, 3.8) is 0 Å². The molecule has 2 aromatic rings. The van der Waals surface area contributed by atoms with Gasteiger partial charge in [0.15, 0.2) is 0 Å². The first-order valence-electron chi connectivity index (χ1n) is 6.14. The topological polar surface area (TPSA) is 12.0 Å². The van der Waals surface area contributed by atoms with Crippen LogP contribution in [0.4, 0.5) is 0 Å². The molecule has 2 rings (SSSR count). The molecular weight excluding hydrogens is 270 g/mol. The molecule has 0 spiro atoms. The summed E-state index contributed by atoms with van der Waals surface area (Å²) in [6.45, 7) is 0.873. The molecule has 0 saturated carbocycles. The fourth-order valence-electron chi connectivity index (χ4n) is 1.85. The Kier molecular flexibility index (Phi) is 5.14. The predicted molar refractivity (Wildman–Crippen MR) is 90.4 cm³/mol. The first-order chi connectivity index (χ1) is 9.22. The molecule has 0 amide bonds. The molecule has 0 aliphatic rings. The van der Waals surface area contributed by atoms with Gasteiger partial charge in [0.25, 0.3) is 0 Å². The van der Waals surface area contributed by atoms with Crippen LogP contribution < -0.4 is 5.32 Å². The number of nitrogens with one attached hydrogen (secondary N) is 1. The zero-order chi connectivity index (χ0) is 13.7. The van der Waals surface area contributed by atoms with E-state index in [4.69, 9.17) is 0 Å². The van der Waals surface area contributed by atoms with Crippen LogP contribution in [0.15, 0.2) is 54.6 Å². The third-order valence-corrected chi connectivity index (χ3v) is 4.02. The van der Waals surface area contributed by atoms with E-state index in [0.29, 0.717) is 0 Å². The molecule has 1 nitrogen and oxygen atoms in total. The summed E-state index contributed by atoms with van der Waals surface area (Å²) in [5, 5.41) is 3.14. The van der Waals surface area contributed by atoms with Crippen molar-refractivity contribution < 1.29 is 0 Å². The summed E-state index contributed by atoms with van der Waals surface area (Å²) in [5.41, 5.74) is 3.42. The fraction of sp³-hybridized carbons (Fsp3) is 0.125. The summed E-state index contributed by atoms with van der Waals surface area (Å²) in [6.07, 6.45) is 0. The standard InChI is InChI=1S/C16H17NS2/c1-17-11-12-7-9-14(10-8-12)16(19)15(18)13-5-3-2-4-6-13/h2-10,17-19H,11H2,1H3. The molecule has 0 unspecified atom stereocenters.